The molecule has 0 N–H and O–H groups in total. The molecule has 1 aliphatic rings. The number of hydrogen-bond donors (Lipinski definition) is 0. The maximum Gasteiger partial charge on any atom is 0.261 e. The second-order valence-corrected chi connectivity index (χ2v) is 7.59. The Kier molecular flexibility index (Phi) is 5.94. The molecule has 0 atom stereocenters. The Morgan fingerprint density at radius 3 is 2.14 bits per heavy atom. The van der Waals surface area contributed by atoms with Gasteiger partial charge in [-0.25, -0.2) is 4.39 Å². The molecule has 0 radical (unpaired) electrons. The first kappa shape index (κ1) is 19.8. The van der Waals surface area contributed by atoms with Crippen LogP contribution >= 0.6 is 11.8 Å². The van der Waals surface area contributed by atoms with Crippen molar-refractivity contribution in [3.8, 4) is 0 Å². The van der Waals surface area contributed by atoms with E-state index in [1.54, 1.807) is 49.5 Å². The van der Waals surface area contributed by atoms with Crippen LogP contribution in [0.2, 0.25) is 0 Å². The van der Waals surface area contributed by atoms with E-state index in [4.69, 9.17) is 0 Å². The first-order valence-electron chi connectivity index (χ1n) is 8.65. The molecule has 7 heteroatoms. The molecule has 0 saturated heterocycles. The number of carbonyl (C=O) groups is 3. The predicted octanol–water partition coefficient (Wildman–Crippen LogP) is 3.44. The summed E-state index contributed by atoms with van der Waals surface area (Å²) in [5.74, 6) is -0.902. The SMILES string of the molecule is CN(C)/C=C(\SCCN1C(=O)c2ccccc2C1=O)C(=O)c1ccc(F)cc1. The quantitative estimate of drug-likeness (QED) is 0.406. The van der Waals surface area contributed by atoms with Gasteiger partial charge < -0.3 is 4.90 Å². The molecule has 0 spiro atoms. The highest BCUT2D eigenvalue weighted by Gasteiger charge is 2.34. The lowest BCUT2D eigenvalue weighted by molar-refractivity contribution is 0.0664. The van der Waals surface area contributed by atoms with Gasteiger partial charge in [0.1, 0.15) is 5.82 Å². The molecule has 2 amide bonds. The molecular weight excluding hydrogens is 379 g/mol. The van der Waals surface area contributed by atoms with Crippen LogP contribution in [0, 0.1) is 5.82 Å². The number of nitrogens with zero attached hydrogens (tertiary/aromatic N) is 2. The van der Waals surface area contributed by atoms with E-state index in [-0.39, 0.29) is 24.1 Å². The van der Waals surface area contributed by atoms with Gasteiger partial charge in [0.15, 0.2) is 0 Å². The van der Waals surface area contributed by atoms with Crippen LogP contribution in [0.4, 0.5) is 4.39 Å². The van der Waals surface area contributed by atoms with E-state index in [2.05, 4.69) is 0 Å². The third-order valence-electron chi connectivity index (χ3n) is 4.16. The summed E-state index contributed by atoms with van der Waals surface area (Å²) in [7, 11) is 3.59. The van der Waals surface area contributed by atoms with Crippen molar-refractivity contribution in [2.75, 3.05) is 26.4 Å². The molecule has 2 aromatic carbocycles. The number of amides is 2. The van der Waals surface area contributed by atoms with Gasteiger partial charge in [0.25, 0.3) is 11.8 Å². The predicted molar refractivity (Wildman–Crippen MR) is 107 cm³/mol. The number of allylic oxidation sites excluding steroid dienone is 1. The van der Waals surface area contributed by atoms with Crippen molar-refractivity contribution in [1.29, 1.82) is 0 Å². The molecule has 144 valence electrons. The van der Waals surface area contributed by atoms with Crippen LogP contribution in [0.3, 0.4) is 0 Å². The van der Waals surface area contributed by atoms with E-state index in [9.17, 15) is 18.8 Å². The Morgan fingerprint density at radius 1 is 1.04 bits per heavy atom. The average Bonchev–Trinajstić information content (AvgIpc) is 2.92. The van der Waals surface area contributed by atoms with Crippen molar-refractivity contribution in [3.63, 3.8) is 0 Å². The van der Waals surface area contributed by atoms with Crippen molar-refractivity contribution in [2.45, 2.75) is 0 Å². The normalized spacial score (nSPS) is 13.7. The highest BCUT2D eigenvalue weighted by molar-refractivity contribution is 8.04. The van der Waals surface area contributed by atoms with Crippen LogP contribution in [-0.2, 0) is 0 Å². The number of carbonyl (C=O) groups excluding carboxylic acids is 3. The summed E-state index contributed by atoms with van der Waals surface area (Å²) >= 11 is 1.26. The maximum absolute atomic E-state index is 13.1. The minimum atomic E-state index is -0.409. The average molecular weight is 398 g/mol. The van der Waals surface area contributed by atoms with Gasteiger partial charge in [-0.2, -0.15) is 0 Å². The van der Waals surface area contributed by atoms with Crippen LogP contribution in [-0.4, -0.2) is 53.8 Å². The minimum Gasteiger partial charge on any atom is -0.382 e. The number of rotatable bonds is 7. The fourth-order valence-electron chi connectivity index (χ4n) is 2.83. The lowest BCUT2D eigenvalue weighted by Gasteiger charge is -2.15. The molecule has 0 aliphatic carbocycles. The Bertz CT molecular complexity index is 919. The standard InChI is InChI=1S/C21H19FN2O3S/c1-23(2)13-18(19(25)14-7-9-15(22)10-8-14)28-12-11-24-20(26)16-5-3-4-6-17(16)21(24)27/h3-10,13H,11-12H2,1-2H3/b18-13-. The summed E-state index contributed by atoms with van der Waals surface area (Å²) in [5, 5.41) is 0. The number of hydrogen-bond acceptors (Lipinski definition) is 5. The number of benzene rings is 2. The van der Waals surface area contributed by atoms with Crippen molar-refractivity contribution in [2.24, 2.45) is 0 Å². The van der Waals surface area contributed by atoms with Crippen LogP contribution in [0.5, 0.6) is 0 Å². The molecule has 0 aromatic heterocycles. The summed E-state index contributed by atoms with van der Waals surface area (Å²) in [6.45, 7) is 0.193. The van der Waals surface area contributed by atoms with Gasteiger partial charge >= 0.3 is 0 Å². The largest absolute Gasteiger partial charge is 0.382 e. The van der Waals surface area contributed by atoms with Gasteiger partial charge in [-0.05, 0) is 36.4 Å². The van der Waals surface area contributed by atoms with Crippen molar-refractivity contribution in [3.05, 3.63) is 82.1 Å². The van der Waals surface area contributed by atoms with Gasteiger partial charge in [0, 0.05) is 38.2 Å². The number of ketones is 1. The van der Waals surface area contributed by atoms with Gasteiger partial charge in [0.05, 0.1) is 16.0 Å². The third kappa shape index (κ3) is 4.14. The van der Waals surface area contributed by atoms with Gasteiger partial charge in [-0.1, -0.05) is 12.1 Å². The van der Waals surface area contributed by atoms with Crippen LogP contribution in [0.15, 0.2) is 59.6 Å². The monoisotopic (exact) mass is 398 g/mol. The fourth-order valence-corrected chi connectivity index (χ4v) is 3.86. The lowest BCUT2D eigenvalue weighted by atomic mass is 10.1. The molecule has 0 unspecified atom stereocenters. The zero-order valence-electron chi connectivity index (χ0n) is 15.5. The van der Waals surface area contributed by atoms with Crippen LogP contribution in [0.1, 0.15) is 31.1 Å². The minimum absolute atomic E-state index is 0.193. The maximum atomic E-state index is 13.1. The molecule has 1 aliphatic heterocycles. The topological polar surface area (TPSA) is 57.7 Å². The number of halogens is 1. The lowest BCUT2D eigenvalue weighted by Crippen LogP contribution is -2.32. The summed E-state index contributed by atoms with van der Waals surface area (Å²) in [5.41, 5.74) is 1.19. The Hall–Kier alpha value is -2.93. The van der Waals surface area contributed by atoms with Crippen molar-refractivity contribution >= 4 is 29.4 Å². The summed E-state index contributed by atoms with van der Waals surface area (Å²) < 4.78 is 13.1. The molecule has 1 heterocycles. The highest BCUT2D eigenvalue weighted by Crippen LogP contribution is 2.25. The first-order valence-corrected chi connectivity index (χ1v) is 9.63. The highest BCUT2D eigenvalue weighted by atomic mass is 32.2. The van der Waals surface area contributed by atoms with E-state index in [0.29, 0.717) is 27.3 Å². The molecule has 3 rings (SSSR count). The fraction of sp³-hybridized carbons (Fsp3) is 0.190. The van der Waals surface area contributed by atoms with E-state index >= 15 is 0 Å². The Balaban J connectivity index is 1.69. The smallest absolute Gasteiger partial charge is 0.261 e. The third-order valence-corrected chi connectivity index (χ3v) is 5.14. The van der Waals surface area contributed by atoms with E-state index in [1.807, 2.05) is 0 Å². The number of thioether (sulfide) groups is 1. The summed E-state index contributed by atoms with van der Waals surface area (Å²) in [6, 6.07) is 12.1. The molecule has 2 aromatic rings. The summed E-state index contributed by atoms with van der Waals surface area (Å²) in [6.07, 6.45) is 1.68. The van der Waals surface area contributed by atoms with Gasteiger partial charge in [-0.3, -0.25) is 19.3 Å². The van der Waals surface area contributed by atoms with Crippen molar-refractivity contribution in [1.82, 2.24) is 9.80 Å². The Labute approximate surface area is 166 Å². The first-order chi connectivity index (χ1) is 13.4. The van der Waals surface area contributed by atoms with Crippen molar-refractivity contribution < 1.29 is 18.8 Å². The molecule has 28 heavy (non-hydrogen) atoms. The van der Waals surface area contributed by atoms with E-state index in [1.165, 1.54) is 40.9 Å². The zero-order valence-corrected chi connectivity index (χ0v) is 16.3. The van der Waals surface area contributed by atoms with Gasteiger partial charge in [-0.15, -0.1) is 11.8 Å². The van der Waals surface area contributed by atoms with E-state index in [0.717, 1.165) is 0 Å². The number of imide groups is 1. The molecular formula is C21H19FN2O3S. The molecule has 0 bridgehead atoms. The second-order valence-electron chi connectivity index (χ2n) is 6.45. The number of fused-ring (bicyclic) bond motifs is 1. The molecule has 0 saturated carbocycles. The van der Waals surface area contributed by atoms with Crippen LogP contribution < -0.4 is 0 Å². The summed E-state index contributed by atoms with van der Waals surface area (Å²) in [4.78, 5) is 41.0. The van der Waals surface area contributed by atoms with E-state index < -0.39 is 5.82 Å². The zero-order chi connectivity index (χ0) is 20.3. The second kappa shape index (κ2) is 8.39. The Morgan fingerprint density at radius 2 is 1.61 bits per heavy atom. The number of Topliss-reactive ketones (excluding diaryl/α,β-unsaturated/α-hetero) is 1. The molecule has 0 fully saturated rings. The molecule has 5 nitrogen and oxygen atoms in total. The van der Waals surface area contributed by atoms with Gasteiger partial charge in [0.2, 0.25) is 5.78 Å². The van der Waals surface area contributed by atoms with Crippen LogP contribution in [0.25, 0.3) is 0 Å².